The lowest BCUT2D eigenvalue weighted by Gasteiger charge is -2.11. The van der Waals surface area contributed by atoms with Crippen LogP contribution in [0.4, 0.5) is 0 Å². The maximum atomic E-state index is 11.9. The lowest BCUT2D eigenvalue weighted by Crippen LogP contribution is -2.17. The van der Waals surface area contributed by atoms with Gasteiger partial charge in [0, 0.05) is 0 Å². The van der Waals surface area contributed by atoms with E-state index in [-0.39, 0.29) is 17.9 Å². The first-order valence-corrected chi connectivity index (χ1v) is 7.49. The number of carbonyl (C=O) groups excluding carboxylic acids is 1. The summed E-state index contributed by atoms with van der Waals surface area (Å²) >= 11 is 6.15. The highest BCUT2D eigenvalue weighted by molar-refractivity contribution is 6.32. The minimum Gasteiger partial charge on any atom is -0.507 e. The van der Waals surface area contributed by atoms with E-state index in [0.29, 0.717) is 22.1 Å². The van der Waals surface area contributed by atoms with E-state index < -0.39 is 5.91 Å². The minimum absolute atomic E-state index is 0.0557. The molecule has 0 aliphatic carbocycles. The summed E-state index contributed by atoms with van der Waals surface area (Å²) in [6.45, 7) is 0.0557. The number of carbonyl (C=O) groups is 1. The number of hydrogen-bond donors (Lipinski definition) is 2. The van der Waals surface area contributed by atoms with Crippen LogP contribution < -0.4 is 14.9 Å². The number of hydrazone groups is 1. The first-order chi connectivity index (χ1) is 12.1. The van der Waals surface area contributed by atoms with Gasteiger partial charge in [0.1, 0.15) is 12.4 Å². The first-order valence-electron chi connectivity index (χ1n) is 7.12. The molecule has 25 heavy (non-hydrogen) atoms. The molecule has 0 saturated carbocycles. The number of hydrogen-bond acceptors (Lipinski definition) is 5. The summed E-state index contributed by atoms with van der Waals surface area (Å²) in [5, 5.41) is 13.8. The Hall–Kier alpha value is -3.17. The first kappa shape index (κ1) is 18.2. The fraction of sp³-hybridized carbons (Fsp3) is 0.111. The van der Waals surface area contributed by atoms with E-state index in [4.69, 9.17) is 27.5 Å². The number of rotatable bonds is 6. The topological polar surface area (TPSA) is 80.2 Å². The van der Waals surface area contributed by atoms with Gasteiger partial charge in [-0.25, -0.2) is 5.43 Å². The summed E-state index contributed by atoms with van der Waals surface area (Å²) < 4.78 is 10.6. The molecule has 0 unspecified atom stereocenters. The van der Waals surface area contributed by atoms with Gasteiger partial charge in [-0.05, 0) is 29.8 Å². The molecule has 2 N–H and O–H groups in total. The number of phenolic OH excluding ortho intramolecular Hbond substituents is 1. The van der Waals surface area contributed by atoms with Crippen LogP contribution in [0, 0.1) is 12.3 Å². The van der Waals surface area contributed by atoms with E-state index in [2.05, 4.69) is 16.4 Å². The van der Waals surface area contributed by atoms with Crippen molar-refractivity contribution in [3.8, 4) is 29.6 Å². The summed E-state index contributed by atoms with van der Waals surface area (Å²) in [6, 6.07) is 9.38. The second kappa shape index (κ2) is 8.62. The largest absolute Gasteiger partial charge is 0.507 e. The van der Waals surface area contributed by atoms with Crippen LogP contribution >= 0.6 is 11.6 Å². The third-order valence-corrected chi connectivity index (χ3v) is 3.36. The average Bonchev–Trinajstić information content (AvgIpc) is 2.60. The fourth-order valence-corrected chi connectivity index (χ4v) is 2.23. The standard InChI is InChI=1S/C18H15ClN2O4/c1-3-8-25-17-14(19)9-12(10-16(17)24-2)11-20-21-18(23)13-6-4-5-7-15(13)22/h1,4-7,9-11,22H,8H2,2H3,(H,21,23)/b20-11-. The van der Waals surface area contributed by atoms with Crippen molar-refractivity contribution in [3.05, 3.63) is 52.5 Å². The third kappa shape index (κ3) is 4.66. The molecule has 0 spiro atoms. The lowest BCUT2D eigenvalue weighted by atomic mass is 10.2. The number of benzene rings is 2. The van der Waals surface area contributed by atoms with Crippen molar-refractivity contribution in [1.82, 2.24) is 5.43 Å². The maximum Gasteiger partial charge on any atom is 0.275 e. The molecular weight excluding hydrogens is 344 g/mol. The zero-order valence-electron chi connectivity index (χ0n) is 13.3. The van der Waals surface area contributed by atoms with Gasteiger partial charge in [-0.2, -0.15) is 5.10 Å². The maximum absolute atomic E-state index is 11.9. The van der Waals surface area contributed by atoms with Crippen molar-refractivity contribution in [2.45, 2.75) is 0 Å². The van der Waals surface area contributed by atoms with Gasteiger partial charge in [0.05, 0.1) is 23.9 Å². The van der Waals surface area contributed by atoms with Gasteiger partial charge in [-0.15, -0.1) is 6.42 Å². The molecule has 2 aromatic rings. The predicted molar refractivity (Wildman–Crippen MR) is 95.5 cm³/mol. The number of nitrogens with one attached hydrogen (secondary N) is 1. The molecule has 128 valence electrons. The number of terminal acetylenes is 1. The third-order valence-electron chi connectivity index (χ3n) is 3.08. The Morgan fingerprint density at radius 1 is 1.44 bits per heavy atom. The van der Waals surface area contributed by atoms with Crippen LogP contribution in [0.5, 0.6) is 17.2 Å². The van der Waals surface area contributed by atoms with Crippen molar-refractivity contribution in [1.29, 1.82) is 0 Å². The fourth-order valence-electron chi connectivity index (χ4n) is 1.96. The molecule has 0 aromatic heterocycles. The Morgan fingerprint density at radius 3 is 2.88 bits per heavy atom. The minimum atomic E-state index is -0.540. The lowest BCUT2D eigenvalue weighted by molar-refractivity contribution is 0.0952. The molecule has 0 aliphatic rings. The van der Waals surface area contributed by atoms with Crippen molar-refractivity contribution >= 4 is 23.7 Å². The van der Waals surface area contributed by atoms with E-state index in [1.165, 1.54) is 25.5 Å². The van der Waals surface area contributed by atoms with Crippen molar-refractivity contribution in [3.63, 3.8) is 0 Å². The van der Waals surface area contributed by atoms with Crippen molar-refractivity contribution in [2.75, 3.05) is 13.7 Å². The molecule has 0 fully saturated rings. The summed E-state index contributed by atoms with van der Waals surface area (Å²) in [6.07, 6.45) is 6.55. The SMILES string of the molecule is C#CCOc1c(Cl)cc(/C=N\NC(=O)c2ccccc2O)cc1OC. The molecular formula is C18H15ClN2O4. The molecule has 6 nitrogen and oxygen atoms in total. The Labute approximate surface area is 150 Å². The van der Waals surface area contributed by atoms with Crippen LogP contribution in [0.2, 0.25) is 5.02 Å². The summed E-state index contributed by atoms with van der Waals surface area (Å²) in [5.41, 5.74) is 3.02. The Bertz CT molecular complexity index is 843. The predicted octanol–water partition coefficient (Wildman–Crippen LogP) is 2.83. The highest BCUT2D eigenvalue weighted by Crippen LogP contribution is 2.35. The van der Waals surface area contributed by atoms with E-state index in [1.807, 2.05) is 0 Å². The van der Waals surface area contributed by atoms with Crippen LogP contribution in [0.3, 0.4) is 0 Å². The molecule has 0 bridgehead atoms. The molecule has 0 saturated heterocycles. The molecule has 2 rings (SSSR count). The van der Waals surface area contributed by atoms with Gasteiger partial charge >= 0.3 is 0 Å². The highest BCUT2D eigenvalue weighted by Gasteiger charge is 2.12. The number of methoxy groups -OCH3 is 1. The number of para-hydroxylation sites is 1. The molecule has 1 amide bonds. The number of aromatic hydroxyl groups is 1. The number of ether oxygens (including phenoxy) is 2. The second-order valence-corrected chi connectivity index (χ2v) is 5.15. The molecule has 7 heteroatoms. The molecule has 2 aromatic carbocycles. The van der Waals surface area contributed by atoms with Crippen molar-refractivity contribution < 1.29 is 19.4 Å². The Kier molecular flexibility index (Phi) is 6.26. The number of halogens is 1. The van der Waals surface area contributed by atoms with E-state index in [0.717, 1.165) is 0 Å². The van der Waals surface area contributed by atoms with E-state index in [1.54, 1.807) is 24.3 Å². The summed E-state index contributed by atoms with van der Waals surface area (Å²) in [5.74, 6) is 2.39. The zero-order valence-corrected chi connectivity index (χ0v) is 14.1. The van der Waals surface area contributed by atoms with Gasteiger partial charge in [-0.1, -0.05) is 29.7 Å². The quantitative estimate of drug-likeness (QED) is 0.472. The van der Waals surface area contributed by atoms with E-state index >= 15 is 0 Å². The van der Waals surface area contributed by atoms with Crippen LogP contribution in [-0.2, 0) is 0 Å². The zero-order chi connectivity index (χ0) is 18.2. The molecule has 0 radical (unpaired) electrons. The van der Waals surface area contributed by atoms with Gasteiger partial charge in [-0.3, -0.25) is 4.79 Å². The van der Waals surface area contributed by atoms with Crippen LogP contribution in [0.15, 0.2) is 41.5 Å². The summed E-state index contributed by atoms with van der Waals surface area (Å²) in [7, 11) is 1.47. The summed E-state index contributed by atoms with van der Waals surface area (Å²) in [4.78, 5) is 11.9. The smallest absolute Gasteiger partial charge is 0.275 e. The van der Waals surface area contributed by atoms with Gasteiger partial charge in [0.15, 0.2) is 11.5 Å². The van der Waals surface area contributed by atoms with Crippen molar-refractivity contribution in [2.24, 2.45) is 5.10 Å². The average molecular weight is 359 g/mol. The molecule has 0 heterocycles. The monoisotopic (exact) mass is 358 g/mol. The highest BCUT2D eigenvalue weighted by atomic mass is 35.5. The number of amides is 1. The van der Waals surface area contributed by atoms with Gasteiger partial charge in [0.2, 0.25) is 0 Å². The van der Waals surface area contributed by atoms with Crippen LogP contribution in [-0.4, -0.2) is 30.9 Å². The number of nitrogens with zero attached hydrogens (tertiary/aromatic N) is 1. The van der Waals surface area contributed by atoms with Gasteiger partial charge < -0.3 is 14.6 Å². The van der Waals surface area contributed by atoms with Crippen LogP contribution in [0.25, 0.3) is 0 Å². The van der Waals surface area contributed by atoms with Gasteiger partial charge in [0.25, 0.3) is 5.91 Å². The Balaban J connectivity index is 2.13. The van der Waals surface area contributed by atoms with Crippen LogP contribution in [0.1, 0.15) is 15.9 Å². The normalized spacial score (nSPS) is 10.3. The molecule has 0 atom stereocenters. The molecule has 0 aliphatic heterocycles. The Morgan fingerprint density at radius 2 is 2.20 bits per heavy atom. The van der Waals surface area contributed by atoms with E-state index in [9.17, 15) is 9.90 Å². The second-order valence-electron chi connectivity index (χ2n) is 4.74. The number of phenols is 1.